The van der Waals surface area contributed by atoms with Crippen molar-refractivity contribution >= 4 is 23.2 Å². The number of fused-ring (bicyclic) bond motifs is 1. The standard InChI is InChI=1S/C27H33FN6O4/c1-6-7-15-33-21-22(31(5)26(37)34(23(21)35)16-18-11-8-9-13-20(18)28)30-24(33)32-14-10-12-19(17-32)29-25(36)38-27(2,3)4/h8-9,11,13,19H,10,12,14-17H2,1-5H3,(H,29,36)/t19-/m1/s1. The average Bonchev–Trinajstić information content (AvgIpc) is 3.24. The van der Waals surface area contributed by atoms with Gasteiger partial charge in [-0.3, -0.25) is 18.5 Å². The van der Waals surface area contributed by atoms with Gasteiger partial charge in [-0.2, -0.15) is 4.98 Å². The Morgan fingerprint density at radius 2 is 1.97 bits per heavy atom. The lowest BCUT2D eigenvalue weighted by Crippen LogP contribution is -2.49. The number of ether oxygens (including phenoxy) is 1. The van der Waals surface area contributed by atoms with Gasteiger partial charge in [0.15, 0.2) is 11.2 Å². The molecule has 4 rings (SSSR count). The van der Waals surface area contributed by atoms with E-state index < -0.39 is 28.8 Å². The number of aryl methyl sites for hydroxylation is 1. The second kappa shape index (κ2) is 10.7. The predicted octanol–water partition coefficient (Wildman–Crippen LogP) is 2.60. The number of benzene rings is 1. The molecular weight excluding hydrogens is 491 g/mol. The number of nitrogens with one attached hydrogen (secondary N) is 1. The van der Waals surface area contributed by atoms with Gasteiger partial charge >= 0.3 is 11.8 Å². The van der Waals surface area contributed by atoms with Crippen LogP contribution in [0, 0.1) is 17.7 Å². The highest BCUT2D eigenvalue weighted by atomic mass is 19.1. The maximum absolute atomic E-state index is 14.4. The number of anilines is 1. The number of amides is 1. The molecule has 0 bridgehead atoms. The molecule has 1 saturated heterocycles. The number of hydrogen-bond acceptors (Lipinski definition) is 6. The number of rotatable bonds is 5. The van der Waals surface area contributed by atoms with Crippen molar-refractivity contribution in [2.75, 3.05) is 18.0 Å². The molecule has 0 unspecified atom stereocenters. The molecule has 1 atom stereocenters. The van der Waals surface area contributed by atoms with Gasteiger partial charge in [-0.1, -0.05) is 24.1 Å². The maximum Gasteiger partial charge on any atom is 0.407 e. The zero-order valence-electron chi connectivity index (χ0n) is 22.4. The maximum atomic E-state index is 14.4. The number of imidazole rings is 1. The summed E-state index contributed by atoms with van der Waals surface area (Å²) in [5.74, 6) is 5.82. The monoisotopic (exact) mass is 524 g/mol. The summed E-state index contributed by atoms with van der Waals surface area (Å²) in [6.07, 6.45) is 1.05. The van der Waals surface area contributed by atoms with Crippen LogP contribution in [0.1, 0.15) is 46.1 Å². The molecule has 0 saturated carbocycles. The van der Waals surface area contributed by atoms with Gasteiger partial charge in [0.2, 0.25) is 5.95 Å². The van der Waals surface area contributed by atoms with Gasteiger partial charge in [0.05, 0.1) is 13.1 Å². The van der Waals surface area contributed by atoms with Crippen molar-refractivity contribution in [1.82, 2.24) is 24.0 Å². The summed E-state index contributed by atoms with van der Waals surface area (Å²) >= 11 is 0. The molecule has 0 spiro atoms. The lowest BCUT2D eigenvalue weighted by molar-refractivity contribution is 0.0499. The molecule has 202 valence electrons. The molecule has 3 aromatic rings. The zero-order valence-corrected chi connectivity index (χ0v) is 22.4. The molecule has 11 heteroatoms. The third-order valence-corrected chi connectivity index (χ3v) is 6.34. The molecule has 10 nitrogen and oxygen atoms in total. The van der Waals surface area contributed by atoms with Crippen molar-refractivity contribution < 1.29 is 13.9 Å². The van der Waals surface area contributed by atoms with E-state index in [1.54, 1.807) is 50.5 Å². The fraction of sp³-hybridized carbons (Fsp3) is 0.481. The third kappa shape index (κ3) is 5.59. The summed E-state index contributed by atoms with van der Waals surface area (Å²) < 4.78 is 23.8. The fourth-order valence-electron chi connectivity index (χ4n) is 4.60. The third-order valence-electron chi connectivity index (χ3n) is 6.34. The first-order valence-electron chi connectivity index (χ1n) is 12.6. The molecule has 0 radical (unpaired) electrons. The summed E-state index contributed by atoms with van der Waals surface area (Å²) in [6.45, 7) is 8.18. The Hall–Kier alpha value is -4.07. The average molecular weight is 525 g/mol. The SMILES string of the molecule is CC#CCn1c(N2CCC[C@@H](NC(=O)OC(C)(C)C)C2)nc2c1c(=O)n(Cc1ccccc1F)c(=O)n2C. The highest BCUT2D eigenvalue weighted by molar-refractivity contribution is 5.75. The van der Waals surface area contributed by atoms with Crippen LogP contribution < -0.4 is 21.5 Å². The van der Waals surface area contributed by atoms with Crippen LogP contribution >= 0.6 is 0 Å². The van der Waals surface area contributed by atoms with E-state index in [9.17, 15) is 18.8 Å². The Labute approximate surface area is 220 Å². The summed E-state index contributed by atoms with van der Waals surface area (Å²) in [5.41, 5.74) is -1.10. The number of carbonyl (C=O) groups is 1. The molecule has 1 aromatic carbocycles. The van der Waals surface area contributed by atoms with E-state index in [2.05, 4.69) is 17.2 Å². The quantitative estimate of drug-likeness (QED) is 0.515. The molecule has 38 heavy (non-hydrogen) atoms. The van der Waals surface area contributed by atoms with E-state index in [4.69, 9.17) is 9.72 Å². The predicted molar refractivity (Wildman–Crippen MR) is 143 cm³/mol. The van der Waals surface area contributed by atoms with Crippen LogP contribution in [0.3, 0.4) is 0 Å². The zero-order chi connectivity index (χ0) is 27.6. The molecule has 0 aliphatic carbocycles. The van der Waals surface area contributed by atoms with Gasteiger partial charge in [-0.25, -0.2) is 14.0 Å². The number of nitrogens with zero attached hydrogens (tertiary/aromatic N) is 5. The minimum absolute atomic E-state index is 0.177. The van der Waals surface area contributed by atoms with Crippen LogP contribution in [0.2, 0.25) is 0 Å². The normalized spacial score (nSPS) is 15.7. The van der Waals surface area contributed by atoms with Gasteiger partial charge in [-0.05, 0) is 46.6 Å². The van der Waals surface area contributed by atoms with E-state index in [0.717, 1.165) is 17.4 Å². The molecule has 2 aromatic heterocycles. The Kier molecular flexibility index (Phi) is 7.62. The number of hydrogen-bond donors (Lipinski definition) is 1. The van der Waals surface area contributed by atoms with Crippen LogP contribution in [-0.2, 0) is 24.9 Å². The van der Waals surface area contributed by atoms with E-state index >= 15 is 0 Å². The first kappa shape index (κ1) is 27.0. The van der Waals surface area contributed by atoms with Crippen molar-refractivity contribution in [3.63, 3.8) is 0 Å². The molecule has 1 amide bonds. The van der Waals surface area contributed by atoms with Crippen molar-refractivity contribution in [3.8, 4) is 11.8 Å². The van der Waals surface area contributed by atoms with Crippen LogP contribution in [0.25, 0.3) is 11.2 Å². The van der Waals surface area contributed by atoms with E-state index in [0.29, 0.717) is 19.0 Å². The molecule has 1 N–H and O–H groups in total. The highest BCUT2D eigenvalue weighted by Crippen LogP contribution is 2.23. The first-order valence-corrected chi connectivity index (χ1v) is 12.6. The van der Waals surface area contributed by atoms with Crippen molar-refractivity contribution in [2.24, 2.45) is 7.05 Å². The summed E-state index contributed by atoms with van der Waals surface area (Å²) in [5, 5.41) is 2.92. The number of carbonyl (C=O) groups excluding carboxylic acids is 1. The number of piperidine rings is 1. The molecular formula is C27H33FN6O4. The number of aromatic nitrogens is 4. The van der Waals surface area contributed by atoms with Gasteiger partial charge in [0.25, 0.3) is 5.56 Å². The lowest BCUT2D eigenvalue weighted by atomic mass is 10.1. The van der Waals surface area contributed by atoms with Crippen LogP contribution in [0.15, 0.2) is 33.9 Å². The topological polar surface area (TPSA) is 103 Å². The van der Waals surface area contributed by atoms with E-state index in [1.165, 1.54) is 17.7 Å². The van der Waals surface area contributed by atoms with Gasteiger partial charge in [0.1, 0.15) is 11.4 Å². The van der Waals surface area contributed by atoms with E-state index in [1.807, 2.05) is 4.90 Å². The molecule has 1 aliphatic heterocycles. The van der Waals surface area contributed by atoms with Crippen LogP contribution in [0.4, 0.5) is 15.1 Å². The van der Waals surface area contributed by atoms with Crippen molar-refractivity contribution in [2.45, 2.75) is 65.3 Å². The van der Waals surface area contributed by atoms with Gasteiger partial charge in [0, 0.05) is 31.7 Å². The van der Waals surface area contributed by atoms with Gasteiger partial charge in [-0.15, -0.1) is 5.92 Å². The van der Waals surface area contributed by atoms with Crippen LogP contribution in [-0.4, -0.2) is 49.5 Å². The molecule has 1 aliphatic rings. The Balaban J connectivity index is 1.76. The minimum atomic E-state index is -0.613. The second-order valence-electron chi connectivity index (χ2n) is 10.4. The Morgan fingerprint density at radius 3 is 2.66 bits per heavy atom. The minimum Gasteiger partial charge on any atom is -0.444 e. The van der Waals surface area contributed by atoms with Crippen LogP contribution in [0.5, 0.6) is 0 Å². The molecule has 3 heterocycles. The Morgan fingerprint density at radius 1 is 1.24 bits per heavy atom. The fourth-order valence-corrected chi connectivity index (χ4v) is 4.60. The van der Waals surface area contributed by atoms with Crippen molar-refractivity contribution in [1.29, 1.82) is 0 Å². The number of halogens is 1. The van der Waals surface area contributed by atoms with E-state index in [-0.39, 0.29) is 35.9 Å². The summed E-state index contributed by atoms with van der Waals surface area (Å²) in [4.78, 5) is 45.9. The largest absolute Gasteiger partial charge is 0.444 e. The second-order valence-corrected chi connectivity index (χ2v) is 10.4. The summed E-state index contributed by atoms with van der Waals surface area (Å²) in [6, 6.07) is 5.86. The molecule has 1 fully saturated rings. The smallest absolute Gasteiger partial charge is 0.407 e. The highest BCUT2D eigenvalue weighted by Gasteiger charge is 2.29. The van der Waals surface area contributed by atoms with Crippen molar-refractivity contribution in [3.05, 3.63) is 56.5 Å². The lowest BCUT2D eigenvalue weighted by Gasteiger charge is -2.34. The Bertz CT molecular complexity index is 1540. The van der Waals surface area contributed by atoms with Gasteiger partial charge < -0.3 is 15.0 Å². The first-order chi connectivity index (χ1) is 18.0. The summed E-state index contributed by atoms with van der Waals surface area (Å²) in [7, 11) is 1.54. The number of alkyl carbamates (subject to hydrolysis) is 1.